The number of aliphatic carboxylic acids is 1. The zero-order valence-corrected chi connectivity index (χ0v) is 11.3. The molecule has 19 heavy (non-hydrogen) atoms. The molecule has 0 aromatic heterocycles. The Balaban J connectivity index is 1.71. The van der Waals surface area contributed by atoms with E-state index in [9.17, 15) is 14.4 Å². The second-order valence-electron chi connectivity index (χ2n) is 6.70. The molecule has 1 heterocycles. The molecule has 2 amide bonds. The number of fused-ring (bicyclic) bond motifs is 1. The first-order valence-electron chi connectivity index (χ1n) is 6.93. The first kappa shape index (κ1) is 12.6. The smallest absolute Gasteiger partial charge is 0.306 e. The summed E-state index contributed by atoms with van der Waals surface area (Å²) in [6.45, 7) is 4.20. The van der Waals surface area contributed by atoms with Crippen molar-refractivity contribution in [2.75, 3.05) is 6.54 Å². The molecule has 3 fully saturated rings. The van der Waals surface area contributed by atoms with Gasteiger partial charge in [-0.2, -0.15) is 0 Å². The fourth-order valence-electron chi connectivity index (χ4n) is 4.00. The van der Waals surface area contributed by atoms with Crippen LogP contribution in [0.1, 0.15) is 33.1 Å². The zero-order chi connectivity index (χ0) is 13.9. The summed E-state index contributed by atoms with van der Waals surface area (Å²) in [6, 6.07) is 0. The van der Waals surface area contributed by atoms with E-state index >= 15 is 0 Å². The predicted octanol–water partition coefficient (Wildman–Crippen LogP) is 1.13. The highest BCUT2D eigenvalue weighted by Crippen LogP contribution is 2.63. The molecular weight excluding hydrogens is 246 g/mol. The summed E-state index contributed by atoms with van der Waals surface area (Å²) in [5.74, 6) is -1.76. The van der Waals surface area contributed by atoms with E-state index in [0.717, 1.165) is 12.8 Å². The number of carboxylic acids is 1. The molecule has 2 aliphatic carbocycles. The van der Waals surface area contributed by atoms with Gasteiger partial charge < -0.3 is 5.11 Å². The van der Waals surface area contributed by atoms with Gasteiger partial charge in [0.15, 0.2) is 0 Å². The summed E-state index contributed by atoms with van der Waals surface area (Å²) in [5.41, 5.74) is -0.188. The number of hydrogen-bond acceptors (Lipinski definition) is 3. The molecule has 5 heteroatoms. The van der Waals surface area contributed by atoms with Gasteiger partial charge in [0.2, 0.25) is 11.8 Å². The lowest BCUT2D eigenvalue weighted by atomic mass is 9.95. The van der Waals surface area contributed by atoms with E-state index in [1.807, 2.05) is 13.8 Å². The second-order valence-corrected chi connectivity index (χ2v) is 6.70. The maximum Gasteiger partial charge on any atom is 0.306 e. The Kier molecular flexibility index (Phi) is 2.53. The third kappa shape index (κ3) is 1.63. The van der Waals surface area contributed by atoms with Crippen molar-refractivity contribution in [2.24, 2.45) is 29.1 Å². The third-order valence-electron chi connectivity index (χ3n) is 5.28. The fourth-order valence-corrected chi connectivity index (χ4v) is 4.00. The zero-order valence-electron chi connectivity index (χ0n) is 11.3. The van der Waals surface area contributed by atoms with Crippen molar-refractivity contribution in [1.29, 1.82) is 0 Å². The standard InChI is InChI=1S/C14H19NO4/c1-14(2)9-10(14)12(17)15(11(9)16)6-7-4-3-5-8(7)13(18)19/h7-10H,3-6H2,1-2H3,(H,18,19). The van der Waals surface area contributed by atoms with E-state index in [1.54, 1.807) is 0 Å². The molecule has 3 aliphatic rings. The van der Waals surface area contributed by atoms with Crippen LogP contribution in [0.3, 0.4) is 0 Å². The number of imide groups is 1. The normalized spacial score (nSPS) is 39.6. The van der Waals surface area contributed by atoms with Gasteiger partial charge in [0.1, 0.15) is 0 Å². The quantitative estimate of drug-likeness (QED) is 0.776. The number of piperidine rings is 1. The molecule has 4 unspecified atom stereocenters. The van der Waals surface area contributed by atoms with Crippen LogP contribution in [-0.4, -0.2) is 34.3 Å². The van der Waals surface area contributed by atoms with Crippen molar-refractivity contribution in [2.45, 2.75) is 33.1 Å². The number of amides is 2. The molecular formula is C14H19NO4. The lowest BCUT2D eigenvalue weighted by molar-refractivity contribution is -0.148. The summed E-state index contributed by atoms with van der Waals surface area (Å²) < 4.78 is 0. The van der Waals surface area contributed by atoms with Gasteiger partial charge in [-0.05, 0) is 24.2 Å². The largest absolute Gasteiger partial charge is 0.481 e. The molecule has 1 saturated heterocycles. The number of carbonyl (C=O) groups is 3. The Bertz CT molecular complexity index is 446. The summed E-state index contributed by atoms with van der Waals surface area (Å²) in [4.78, 5) is 36.9. The van der Waals surface area contributed by atoms with Crippen molar-refractivity contribution in [3.8, 4) is 0 Å². The average molecular weight is 265 g/mol. The SMILES string of the molecule is CC1(C)C2C(=O)N(CC3CCCC3C(=O)O)C(=O)C21. The van der Waals surface area contributed by atoms with Crippen LogP contribution in [0.15, 0.2) is 0 Å². The van der Waals surface area contributed by atoms with Crippen LogP contribution < -0.4 is 0 Å². The van der Waals surface area contributed by atoms with Crippen molar-refractivity contribution in [3.05, 3.63) is 0 Å². The molecule has 0 spiro atoms. The summed E-state index contributed by atoms with van der Waals surface area (Å²) in [5, 5.41) is 9.14. The highest BCUT2D eigenvalue weighted by atomic mass is 16.4. The summed E-state index contributed by atoms with van der Waals surface area (Å²) in [7, 11) is 0. The van der Waals surface area contributed by atoms with Gasteiger partial charge >= 0.3 is 5.97 Å². The van der Waals surface area contributed by atoms with Gasteiger partial charge in [-0.25, -0.2) is 0 Å². The molecule has 0 bridgehead atoms. The first-order chi connectivity index (χ1) is 8.85. The topological polar surface area (TPSA) is 74.7 Å². The van der Waals surface area contributed by atoms with Gasteiger partial charge in [0.05, 0.1) is 17.8 Å². The van der Waals surface area contributed by atoms with Crippen LogP contribution in [0.4, 0.5) is 0 Å². The van der Waals surface area contributed by atoms with Gasteiger partial charge in [-0.3, -0.25) is 19.3 Å². The molecule has 3 rings (SSSR count). The molecule has 5 nitrogen and oxygen atoms in total. The monoisotopic (exact) mass is 265 g/mol. The van der Waals surface area contributed by atoms with E-state index in [1.165, 1.54) is 4.90 Å². The van der Waals surface area contributed by atoms with Gasteiger partial charge in [0, 0.05) is 6.54 Å². The lowest BCUT2D eigenvalue weighted by Gasteiger charge is -2.25. The number of carboxylic acid groups (broad SMARTS) is 1. The van der Waals surface area contributed by atoms with Crippen molar-refractivity contribution in [3.63, 3.8) is 0 Å². The minimum absolute atomic E-state index is 0.0639. The highest BCUT2D eigenvalue weighted by molar-refractivity contribution is 6.10. The van der Waals surface area contributed by atoms with Gasteiger partial charge in [-0.1, -0.05) is 20.3 Å². The number of nitrogens with zero attached hydrogens (tertiary/aromatic N) is 1. The molecule has 1 N–H and O–H groups in total. The van der Waals surface area contributed by atoms with E-state index in [2.05, 4.69) is 0 Å². The van der Waals surface area contributed by atoms with E-state index in [-0.39, 0.29) is 35.0 Å². The Morgan fingerprint density at radius 3 is 2.37 bits per heavy atom. The van der Waals surface area contributed by atoms with Crippen molar-refractivity contribution in [1.82, 2.24) is 4.90 Å². The van der Waals surface area contributed by atoms with Crippen LogP contribution in [0.2, 0.25) is 0 Å². The number of carbonyl (C=O) groups excluding carboxylic acids is 2. The molecule has 0 aromatic carbocycles. The van der Waals surface area contributed by atoms with E-state index in [4.69, 9.17) is 5.11 Å². The number of hydrogen-bond donors (Lipinski definition) is 1. The van der Waals surface area contributed by atoms with Crippen molar-refractivity contribution < 1.29 is 19.5 Å². The molecule has 1 aliphatic heterocycles. The van der Waals surface area contributed by atoms with Crippen LogP contribution in [0, 0.1) is 29.1 Å². The van der Waals surface area contributed by atoms with Gasteiger partial charge in [0.25, 0.3) is 0 Å². The van der Waals surface area contributed by atoms with Crippen LogP contribution in [0.25, 0.3) is 0 Å². The average Bonchev–Trinajstić information content (AvgIpc) is 2.65. The molecule has 2 saturated carbocycles. The Morgan fingerprint density at radius 1 is 1.26 bits per heavy atom. The summed E-state index contributed by atoms with van der Waals surface area (Å²) in [6.07, 6.45) is 2.33. The Hall–Kier alpha value is -1.39. The Labute approximate surface area is 112 Å². The molecule has 0 aromatic rings. The fraction of sp³-hybridized carbons (Fsp3) is 0.786. The first-order valence-corrected chi connectivity index (χ1v) is 6.93. The highest BCUT2D eigenvalue weighted by Gasteiger charge is 2.72. The second kappa shape index (κ2) is 3.81. The number of rotatable bonds is 3. The minimum atomic E-state index is -0.799. The Morgan fingerprint density at radius 2 is 1.84 bits per heavy atom. The van der Waals surface area contributed by atoms with Crippen LogP contribution >= 0.6 is 0 Å². The molecule has 0 radical (unpaired) electrons. The lowest BCUT2D eigenvalue weighted by Crippen LogP contribution is -2.41. The van der Waals surface area contributed by atoms with Crippen LogP contribution in [-0.2, 0) is 14.4 Å². The van der Waals surface area contributed by atoms with Crippen molar-refractivity contribution >= 4 is 17.8 Å². The van der Waals surface area contributed by atoms with E-state index < -0.39 is 11.9 Å². The maximum absolute atomic E-state index is 12.2. The third-order valence-corrected chi connectivity index (χ3v) is 5.28. The maximum atomic E-state index is 12.2. The molecule has 104 valence electrons. The minimum Gasteiger partial charge on any atom is -0.481 e. The van der Waals surface area contributed by atoms with Gasteiger partial charge in [-0.15, -0.1) is 0 Å². The predicted molar refractivity (Wildman–Crippen MR) is 65.9 cm³/mol. The molecule has 4 atom stereocenters. The van der Waals surface area contributed by atoms with Crippen LogP contribution in [0.5, 0.6) is 0 Å². The summed E-state index contributed by atoms with van der Waals surface area (Å²) >= 11 is 0. The number of likely N-dealkylation sites (tertiary alicyclic amines) is 1. The van der Waals surface area contributed by atoms with E-state index in [0.29, 0.717) is 13.0 Å².